The van der Waals surface area contributed by atoms with Crippen LogP contribution in [0.15, 0.2) is 34.3 Å². The lowest BCUT2D eigenvalue weighted by molar-refractivity contribution is 0.318. The average Bonchev–Trinajstić information content (AvgIpc) is 2.52. The van der Waals surface area contributed by atoms with Crippen molar-refractivity contribution in [2.45, 2.75) is 39.0 Å². The molecule has 0 unspecified atom stereocenters. The maximum Gasteiger partial charge on any atom is 0.277 e. The number of halogens is 2. The molecular weight excluding hydrogens is 407 g/mol. The fourth-order valence-corrected chi connectivity index (χ4v) is 4.66. The molecule has 0 saturated carbocycles. The minimum absolute atomic E-state index is 0.227. The Hall–Kier alpha value is -1.76. The topological polar surface area (TPSA) is 67.8 Å². The molecule has 2 rings (SSSR count). The van der Waals surface area contributed by atoms with Crippen LogP contribution in [0.4, 0.5) is 0 Å². The molecule has 0 saturated heterocycles. The number of benzene rings is 2. The second kappa shape index (κ2) is 8.95. The van der Waals surface area contributed by atoms with Gasteiger partial charge >= 0.3 is 0 Å². The van der Waals surface area contributed by atoms with Crippen LogP contribution in [0.5, 0.6) is 5.75 Å². The third-order valence-electron chi connectivity index (χ3n) is 3.73. The highest BCUT2D eigenvalue weighted by atomic mass is 35.5. The normalized spacial score (nSPS) is 11.8. The van der Waals surface area contributed by atoms with E-state index in [1.54, 1.807) is 26.0 Å². The van der Waals surface area contributed by atoms with Crippen molar-refractivity contribution in [1.82, 2.24) is 4.83 Å². The van der Waals surface area contributed by atoms with Crippen molar-refractivity contribution >= 4 is 39.4 Å². The Morgan fingerprint density at radius 1 is 1.07 bits per heavy atom. The van der Waals surface area contributed by atoms with Gasteiger partial charge in [0, 0.05) is 0 Å². The summed E-state index contributed by atoms with van der Waals surface area (Å²) >= 11 is 12.4. The number of nitrogens with one attached hydrogen (secondary N) is 1. The number of sulfonamides is 1. The molecule has 146 valence electrons. The molecule has 8 heteroatoms. The lowest BCUT2D eigenvalue weighted by atomic mass is 10.1. The zero-order valence-corrected chi connectivity index (χ0v) is 18.0. The summed E-state index contributed by atoms with van der Waals surface area (Å²) in [6, 6.07) is 6.86. The third kappa shape index (κ3) is 5.37. The Morgan fingerprint density at radius 2 is 1.63 bits per heavy atom. The van der Waals surface area contributed by atoms with Crippen molar-refractivity contribution in [3.05, 3.63) is 56.6 Å². The fourth-order valence-electron chi connectivity index (χ4n) is 2.80. The predicted octanol–water partition coefficient (Wildman–Crippen LogP) is 5.02. The summed E-state index contributed by atoms with van der Waals surface area (Å²) in [6.45, 7) is 7.91. The van der Waals surface area contributed by atoms with Gasteiger partial charge in [0.25, 0.3) is 10.0 Å². The molecule has 0 bridgehead atoms. The van der Waals surface area contributed by atoms with Gasteiger partial charge in [-0.2, -0.15) is 13.5 Å². The molecule has 0 aliphatic carbocycles. The van der Waals surface area contributed by atoms with Crippen LogP contribution in [0.2, 0.25) is 10.0 Å². The van der Waals surface area contributed by atoms with E-state index in [0.29, 0.717) is 39.1 Å². The molecule has 5 nitrogen and oxygen atoms in total. The van der Waals surface area contributed by atoms with E-state index in [1.807, 2.05) is 26.0 Å². The molecule has 27 heavy (non-hydrogen) atoms. The van der Waals surface area contributed by atoms with Gasteiger partial charge < -0.3 is 4.74 Å². The largest absolute Gasteiger partial charge is 0.490 e. The van der Waals surface area contributed by atoms with E-state index in [1.165, 1.54) is 6.21 Å². The number of aryl methyl sites for hydroxylation is 3. The minimum Gasteiger partial charge on any atom is -0.490 e. The lowest BCUT2D eigenvalue weighted by Crippen LogP contribution is -2.20. The molecule has 2 aromatic rings. The van der Waals surface area contributed by atoms with Crippen LogP contribution in [0.25, 0.3) is 0 Å². The second-order valence-electron chi connectivity index (χ2n) is 6.24. The Bertz CT molecular complexity index is 927. The highest BCUT2D eigenvalue weighted by molar-refractivity contribution is 7.89. The van der Waals surface area contributed by atoms with Gasteiger partial charge in [0.2, 0.25) is 0 Å². The first-order chi connectivity index (χ1) is 12.7. The standard InChI is InChI=1S/C19H22Cl2N2O3S/c1-5-6-26-18-16(20)9-15(10-17(18)21)11-22-23-27(24,25)19-13(3)7-12(2)8-14(19)4/h7-11,23H,5-6H2,1-4H3/b22-11+. The van der Waals surface area contributed by atoms with Crippen molar-refractivity contribution in [3.8, 4) is 5.75 Å². The van der Waals surface area contributed by atoms with Crippen LogP contribution in [0, 0.1) is 20.8 Å². The highest BCUT2D eigenvalue weighted by Gasteiger charge is 2.19. The average molecular weight is 429 g/mol. The van der Waals surface area contributed by atoms with Crippen LogP contribution in [-0.4, -0.2) is 21.2 Å². The number of hydrazone groups is 1. The van der Waals surface area contributed by atoms with Crippen molar-refractivity contribution in [2.24, 2.45) is 5.10 Å². The van der Waals surface area contributed by atoms with Gasteiger partial charge in [-0.25, -0.2) is 4.83 Å². The van der Waals surface area contributed by atoms with Crippen LogP contribution in [0.1, 0.15) is 35.6 Å². The minimum atomic E-state index is -3.79. The number of hydrogen-bond donors (Lipinski definition) is 1. The van der Waals surface area contributed by atoms with Crippen molar-refractivity contribution in [3.63, 3.8) is 0 Å². The van der Waals surface area contributed by atoms with E-state index in [2.05, 4.69) is 9.93 Å². The van der Waals surface area contributed by atoms with Gasteiger partial charge in [0.15, 0.2) is 5.75 Å². The van der Waals surface area contributed by atoms with E-state index >= 15 is 0 Å². The molecule has 0 heterocycles. The summed E-state index contributed by atoms with van der Waals surface area (Å²) in [5.74, 6) is 0.406. The van der Waals surface area contributed by atoms with Gasteiger partial charge in [0.05, 0.1) is 27.8 Å². The Balaban J connectivity index is 2.22. The Labute approximate surface area is 170 Å². The summed E-state index contributed by atoms with van der Waals surface area (Å²) in [7, 11) is -3.79. The van der Waals surface area contributed by atoms with Gasteiger partial charge in [-0.15, -0.1) is 0 Å². The quantitative estimate of drug-likeness (QED) is 0.497. The first kappa shape index (κ1) is 21.5. The van der Waals surface area contributed by atoms with Gasteiger partial charge in [-0.05, 0) is 56.0 Å². The third-order valence-corrected chi connectivity index (χ3v) is 5.82. The van der Waals surface area contributed by atoms with E-state index in [0.717, 1.165) is 12.0 Å². The smallest absolute Gasteiger partial charge is 0.277 e. The summed E-state index contributed by atoms with van der Waals surface area (Å²) in [6.07, 6.45) is 2.17. The molecule has 0 aliphatic rings. The summed E-state index contributed by atoms with van der Waals surface area (Å²) in [5, 5.41) is 4.52. The van der Waals surface area contributed by atoms with Crippen LogP contribution in [0.3, 0.4) is 0 Å². The molecule has 0 aromatic heterocycles. The monoisotopic (exact) mass is 428 g/mol. The SMILES string of the molecule is CCCOc1c(Cl)cc(/C=N/NS(=O)(=O)c2c(C)cc(C)cc2C)cc1Cl. The highest BCUT2D eigenvalue weighted by Crippen LogP contribution is 2.34. The maximum absolute atomic E-state index is 12.6. The second-order valence-corrected chi connectivity index (χ2v) is 8.65. The molecule has 1 N–H and O–H groups in total. The van der Waals surface area contributed by atoms with Gasteiger partial charge in [0.1, 0.15) is 0 Å². The molecule has 0 aliphatic heterocycles. The van der Waals surface area contributed by atoms with Crippen LogP contribution < -0.4 is 9.57 Å². The zero-order valence-electron chi connectivity index (χ0n) is 15.6. The van der Waals surface area contributed by atoms with Crippen molar-refractivity contribution < 1.29 is 13.2 Å². The molecule has 0 amide bonds. The fraction of sp³-hybridized carbons (Fsp3) is 0.316. The lowest BCUT2D eigenvalue weighted by Gasteiger charge is -2.11. The van der Waals surface area contributed by atoms with Gasteiger partial charge in [-0.1, -0.05) is 47.8 Å². The number of nitrogens with zero attached hydrogens (tertiary/aromatic N) is 1. The maximum atomic E-state index is 12.6. The molecular formula is C19H22Cl2N2O3S. The predicted molar refractivity (Wildman–Crippen MR) is 111 cm³/mol. The summed E-state index contributed by atoms with van der Waals surface area (Å²) in [4.78, 5) is 2.46. The number of ether oxygens (including phenoxy) is 1. The van der Waals surface area contributed by atoms with Crippen LogP contribution in [-0.2, 0) is 10.0 Å². The summed E-state index contributed by atoms with van der Waals surface area (Å²) < 4.78 is 30.7. The van der Waals surface area contributed by atoms with Gasteiger partial charge in [-0.3, -0.25) is 0 Å². The number of rotatable bonds is 7. The molecule has 0 atom stereocenters. The van der Waals surface area contributed by atoms with Crippen molar-refractivity contribution in [2.75, 3.05) is 6.61 Å². The van der Waals surface area contributed by atoms with E-state index < -0.39 is 10.0 Å². The number of hydrogen-bond acceptors (Lipinski definition) is 4. The van der Waals surface area contributed by atoms with E-state index in [9.17, 15) is 8.42 Å². The Morgan fingerprint density at radius 3 is 2.15 bits per heavy atom. The molecule has 0 spiro atoms. The Kier molecular flexibility index (Phi) is 7.14. The summed E-state index contributed by atoms with van der Waals surface area (Å²) in [5.41, 5.74) is 2.88. The zero-order chi connectivity index (χ0) is 20.2. The molecule has 0 radical (unpaired) electrons. The van der Waals surface area contributed by atoms with Crippen molar-refractivity contribution in [1.29, 1.82) is 0 Å². The molecule has 0 fully saturated rings. The first-order valence-electron chi connectivity index (χ1n) is 8.40. The first-order valence-corrected chi connectivity index (χ1v) is 10.6. The van der Waals surface area contributed by atoms with E-state index in [-0.39, 0.29) is 4.90 Å². The van der Waals surface area contributed by atoms with E-state index in [4.69, 9.17) is 27.9 Å². The molecule has 2 aromatic carbocycles. The van der Waals surface area contributed by atoms with Crippen LogP contribution >= 0.6 is 23.2 Å².